The van der Waals surface area contributed by atoms with E-state index in [4.69, 9.17) is 5.11 Å². The largest absolute Gasteiger partial charge is 0.395 e. The average Bonchev–Trinajstić information content (AvgIpc) is 2.78. The van der Waals surface area contributed by atoms with Gasteiger partial charge in [-0.2, -0.15) is 0 Å². The molecule has 4 nitrogen and oxygen atoms in total. The third kappa shape index (κ3) is 6.12. The van der Waals surface area contributed by atoms with Crippen LogP contribution in [0.4, 0.5) is 0 Å². The molecule has 0 saturated carbocycles. The molecule has 0 radical (unpaired) electrons. The number of benzene rings is 1. The van der Waals surface area contributed by atoms with Crippen LogP contribution in [0.1, 0.15) is 12.0 Å². The van der Waals surface area contributed by atoms with Gasteiger partial charge in [-0.15, -0.1) is 0 Å². The number of likely N-dealkylation sites (N-methyl/N-ethyl adjacent to an activating group) is 1. The molecule has 0 bridgehead atoms. The molecular formula is C14H24N2O2. The topological polar surface area (TPSA) is 55.7 Å². The SMILES string of the molecule is CNCCO.OC1CCN(Cc2ccccc2)C1. The van der Waals surface area contributed by atoms with Crippen molar-refractivity contribution in [2.45, 2.75) is 19.1 Å². The molecule has 1 saturated heterocycles. The van der Waals surface area contributed by atoms with Crippen molar-refractivity contribution in [1.29, 1.82) is 0 Å². The van der Waals surface area contributed by atoms with Crippen LogP contribution in [0, 0.1) is 0 Å². The molecule has 102 valence electrons. The van der Waals surface area contributed by atoms with Crippen LogP contribution in [0.25, 0.3) is 0 Å². The quantitative estimate of drug-likeness (QED) is 0.728. The number of nitrogens with one attached hydrogen (secondary N) is 1. The van der Waals surface area contributed by atoms with Gasteiger partial charge >= 0.3 is 0 Å². The zero-order chi connectivity index (χ0) is 13.2. The van der Waals surface area contributed by atoms with Crippen LogP contribution in [-0.2, 0) is 6.54 Å². The Balaban J connectivity index is 0.000000280. The minimum atomic E-state index is -0.108. The molecule has 0 aliphatic carbocycles. The number of likely N-dealkylation sites (tertiary alicyclic amines) is 1. The maximum atomic E-state index is 9.34. The number of nitrogens with zero attached hydrogens (tertiary/aromatic N) is 1. The molecule has 1 unspecified atom stereocenters. The van der Waals surface area contributed by atoms with Gasteiger partial charge in [0.2, 0.25) is 0 Å². The van der Waals surface area contributed by atoms with Gasteiger partial charge in [-0.05, 0) is 19.0 Å². The van der Waals surface area contributed by atoms with E-state index in [1.165, 1.54) is 5.56 Å². The highest BCUT2D eigenvalue weighted by Crippen LogP contribution is 2.12. The summed E-state index contributed by atoms with van der Waals surface area (Å²) < 4.78 is 0. The van der Waals surface area contributed by atoms with Crippen LogP contribution in [0.5, 0.6) is 0 Å². The van der Waals surface area contributed by atoms with Gasteiger partial charge in [0.15, 0.2) is 0 Å². The second-order valence-electron chi connectivity index (χ2n) is 4.49. The summed E-state index contributed by atoms with van der Waals surface area (Å²) in [5, 5.41) is 20.1. The van der Waals surface area contributed by atoms with Gasteiger partial charge in [0.1, 0.15) is 0 Å². The molecular weight excluding hydrogens is 228 g/mol. The van der Waals surface area contributed by atoms with Gasteiger partial charge in [-0.3, -0.25) is 4.90 Å². The zero-order valence-electron chi connectivity index (χ0n) is 11.0. The molecule has 0 spiro atoms. The first kappa shape index (κ1) is 15.1. The molecule has 3 N–H and O–H groups in total. The van der Waals surface area contributed by atoms with Gasteiger partial charge in [-0.1, -0.05) is 30.3 Å². The zero-order valence-corrected chi connectivity index (χ0v) is 11.0. The Morgan fingerprint density at radius 1 is 1.33 bits per heavy atom. The van der Waals surface area contributed by atoms with Crippen molar-refractivity contribution in [1.82, 2.24) is 10.2 Å². The first-order chi connectivity index (χ1) is 8.76. The monoisotopic (exact) mass is 252 g/mol. The molecule has 18 heavy (non-hydrogen) atoms. The summed E-state index contributed by atoms with van der Waals surface area (Å²) in [5.41, 5.74) is 1.33. The van der Waals surface area contributed by atoms with E-state index in [2.05, 4.69) is 34.5 Å². The van der Waals surface area contributed by atoms with Crippen LogP contribution in [0.2, 0.25) is 0 Å². The summed E-state index contributed by atoms with van der Waals surface area (Å²) >= 11 is 0. The Bertz CT molecular complexity index is 304. The van der Waals surface area contributed by atoms with Gasteiger partial charge in [0.05, 0.1) is 12.7 Å². The summed E-state index contributed by atoms with van der Waals surface area (Å²) in [6.07, 6.45) is 0.816. The van der Waals surface area contributed by atoms with Crippen LogP contribution in [0.3, 0.4) is 0 Å². The molecule has 0 aromatic heterocycles. The molecule has 1 fully saturated rings. The van der Waals surface area contributed by atoms with Crippen molar-refractivity contribution in [2.75, 3.05) is 33.3 Å². The molecule has 1 aromatic rings. The van der Waals surface area contributed by atoms with Crippen molar-refractivity contribution in [2.24, 2.45) is 0 Å². The first-order valence-corrected chi connectivity index (χ1v) is 6.46. The van der Waals surface area contributed by atoms with E-state index in [1.54, 1.807) is 7.05 Å². The van der Waals surface area contributed by atoms with Crippen molar-refractivity contribution in [3.8, 4) is 0 Å². The number of rotatable bonds is 4. The van der Waals surface area contributed by atoms with Crippen LogP contribution >= 0.6 is 0 Å². The van der Waals surface area contributed by atoms with E-state index in [0.29, 0.717) is 6.54 Å². The number of hydrogen-bond acceptors (Lipinski definition) is 4. The summed E-state index contributed by atoms with van der Waals surface area (Å²) in [4.78, 5) is 2.29. The van der Waals surface area contributed by atoms with Crippen LogP contribution in [0.15, 0.2) is 30.3 Å². The molecule has 1 aliphatic heterocycles. The standard InChI is InChI=1S/C11H15NO.C3H9NO/c13-11-6-7-12(9-11)8-10-4-2-1-3-5-10;1-4-2-3-5/h1-5,11,13H,6-9H2;4-5H,2-3H2,1H3. The molecule has 0 amide bonds. The molecule has 1 atom stereocenters. The number of aliphatic hydroxyl groups is 2. The maximum absolute atomic E-state index is 9.34. The highest BCUT2D eigenvalue weighted by molar-refractivity contribution is 5.14. The van der Waals surface area contributed by atoms with E-state index < -0.39 is 0 Å². The van der Waals surface area contributed by atoms with Crippen molar-refractivity contribution in [3.05, 3.63) is 35.9 Å². The molecule has 4 heteroatoms. The predicted octanol–water partition coefficient (Wildman–Crippen LogP) is 0.451. The minimum absolute atomic E-state index is 0.108. The molecule has 1 aromatic carbocycles. The van der Waals surface area contributed by atoms with Gasteiger partial charge < -0.3 is 15.5 Å². The van der Waals surface area contributed by atoms with E-state index >= 15 is 0 Å². The predicted molar refractivity (Wildman–Crippen MR) is 73.4 cm³/mol. The lowest BCUT2D eigenvalue weighted by atomic mass is 10.2. The van der Waals surface area contributed by atoms with E-state index in [0.717, 1.165) is 26.1 Å². The Morgan fingerprint density at radius 2 is 2.06 bits per heavy atom. The number of aliphatic hydroxyl groups excluding tert-OH is 2. The highest BCUT2D eigenvalue weighted by Gasteiger charge is 2.19. The van der Waals surface area contributed by atoms with Gasteiger partial charge in [-0.25, -0.2) is 0 Å². The Morgan fingerprint density at radius 3 is 2.50 bits per heavy atom. The highest BCUT2D eigenvalue weighted by atomic mass is 16.3. The normalized spacial score (nSPS) is 19.4. The second kappa shape index (κ2) is 9.05. The van der Waals surface area contributed by atoms with Gasteiger partial charge in [0, 0.05) is 26.2 Å². The first-order valence-electron chi connectivity index (χ1n) is 6.46. The summed E-state index contributed by atoms with van der Waals surface area (Å²) in [7, 11) is 1.80. The van der Waals surface area contributed by atoms with E-state index in [-0.39, 0.29) is 12.7 Å². The van der Waals surface area contributed by atoms with Crippen LogP contribution in [-0.4, -0.2) is 54.5 Å². The lowest BCUT2D eigenvalue weighted by Gasteiger charge is -2.14. The molecule has 1 aliphatic rings. The Labute approximate surface area is 109 Å². The molecule has 2 rings (SSSR count). The Kier molecular flexibility index (Phi) is 7.60. The van der Waals surface area contributed by atoms with E-state index in [9.17, 15) is 5.11 Å². The second-order valence-corrected chi connectivity index (χ2v) is 4.49. The number of hydrogen-bond donors (Lipinski definition) is 3. The summed E-state index contributed by atoms with van der Waals surface area (Å²) in [5.74, 6) is 0. The summed E-state index contributed by atoms with van der Waals surface area (Å²) in [6.45, 7) is 3.75. The lowest BCUT2D eigenvalue weighted by Crippen LogP contribution is -2.21. The van der Waals surface area contributed by atoms with E-state index in [1.807, 2.05) is 6.07 Å². The van der Waals surface area contributed by atoms with Crippen molar-refractivity contribution < 1.29 is 10.2 Å². The Hall–Kier alpha value is -0.940. The number of β-amino-alcohol motifs (C(OH)–C–C–N with tert-alkyl or cyclic N) is 1. The van der Waals surface area contributed by atoms with Crippen molar-refractivity contribution in [3.63, 3.8) is 0 Å². The fourth-order valence-electron chi connectivity index (χ4n) is 1.91. The van der Waals surface area contributed by atoms with Gasteiger partial charge in [0.25, 0.3) is 0 Å². The third-order valence-electron chi connectivity index (χ3n) is 2.86. The fourth-order valence-corrected chi connectivity index (χ4v) is 1.91. The molecule has 1 heterocycles. The summed E-state index contributed by atoms with van der Waals surface area (Å²) in [6, 6.07) is 10.4. The smallest absolute Gasteiger partial charge is 0.0679 e. The van der Waals surface area contributed by atoms with Crippen LogP contribution < -0.4 is 5.32 Å². The lowest BCUT2D eigenvalue weighted by molar-refractivity contribution is 0.175. The third-order valence-corrected chi connectivity index (χ3v) is 2.86. The van der Waals surface area contributed by atoms with Crippen molar-refractivity contribution >= 4 is 0 Å². The maximum Gasteiger partial charge on any atom is 0.0679 e. The minimum Gasteiger partial charge on any atom is -0.395 e. The fraction of sp³-hybridized carbons (Fsp3) is 0.571. The average molecular weight is 252 g/mol.